The van der Waals surface area contributed by atoms with Crippen molar-refractivity contribution in [2.24, 2.45) is 10.9 Å². The number of aryl methyl sites for hydroxylation is 3. The molecule has 1 rings (SSSR count). The fraction of sp³-hybridized carbons (Fsp3) is 0.688. The van der Waals surface area contributed by atoms with Crippen LogP contribution >= 0.6 is 24.0 Å². The number of rotatable bonds is 8. The molecule has 0 aliphatic rings. The molecule has 0 saturated carbocycles. The Labute approximate surface area is 161 Å². The molecule has 2 N–H and O–H groups in total. The number of halogens is 1. The summed E-state index contributed by atoms with van der Waals surface area (Å²) in [5.41, 5.74) is 2.22. The molecule has 1 aromatic rings. The molecule has 8 heteroatoms. The van der Waals surface area contributed by atoms with Gasteiger partial charge in [-0.25, -0.2) is 0 Å². The van der Waals surface area contributed by atoms with E-state index < -0.39 is 0 Å². The van der Waals surface area contributed by atoms with Crippen molar-refractivity contribution in [3.8, 4) is 0 Å². The number of nitrogens with zero attached hydrogens (tertiary/aromatic N) is 3. The first kappa shape index (κ1) is 22.7. The Kier molecular flexibility index (Phi) is 11.4. The topological polar surface area (TPSA) is 80.5 Å². The Bertz CT molecular complexity index is 531. The van der Waals surface area contributed by atoms with Crippen LogP contribution in [0.4, 0.5) is 0 Å². The number of methoxy groups -OCH3 is 1. The molecule has 0 bridgehead atoms. The SMILES string of the molecule is CCNC(=NCC(C)C(=O)OC)NCCCn1nc(C)cc1C.I. The van der Waals surface area contributed by atoms with E-state index in [9.17, 15) is 4.79 Å². The van der Waals surface area contributed by atoms with E-state index in [1.807, 2.05) is 25.5 Å². The molecule has 7 nitrogen and oxygen atoms in total. The van der Waals surface area contributed by atoms with E-state index in [2.05, 4.69) is 33.7 Å². The van der Waals surface area contributed by atoms with Crippen LogP contribution in [0.2, 0.25) is 0 Å². The van der Waals surface area contributed by atoms with Crippen molar-refractivity contribution in [2.75, 3.05) is 26.7 Å². The number of guanidine groups is 1. The van der Waals surface area contributed by atoms with E-state index in [0.717, 1.165) is 37.7 Å². The van der Waals surface area contributed by atoms with Gasteiger partial charge in [0, 0.05) is 25.3 Å². The van der Waals surface area contributed by atoms with Crippen molar-refractivity contribution in [2.45, 2.75) is 40.7 Å². The molecule has 0 aliphatic carbocycles. The minimum Gasteiger partial charge on any atom is -0.469 e. The van der Waals surface area contributed by atoms with Gasteiger partial charge < -0.3 is 15.4 Å². The summed E-state index contributed by atoms with van der Waals surface area (Å²) in [6.07, 6.45) is 0.943. The molecular weight excluding hydrogens is 421 g/mol. The molecule has 1 aromatic heterocycles. The van der Waals surface area contributed by atoms with Gasteiger partial charge in [-0.1, -0.05) is 6.92 Å². The standard InChI is InChI=1S/C16H29N5O2.HI/c1-6-17-16(19-11-12(2)15(22)23-5)18-8-7-9-21-14(4)10-13(3)20-21;/h10,12H,6-9,11H2,1-5H3,(H2,17,18,19);1H. The van der Waals surface area contributed by atoms with Crippen LogP contribution in [0.5, 0.6) is 0 Å². The summed E-state index contributed by atoms with van der Waals surface area (Å²) in [6.45, 7) is 10.7. The molecule has 0 aromatic carbocycles. The summed E-state index contributed by atoms with van der Waals surface area (Å²) >= 11 is 0. The minimum atomic E-state index is -0.245. The van der Waals surface area contributed by atoms with Crippen LogP contribution in [-0.4, -0.2) is 48.5 Å². The van der Waals surface area contributed by atoms with Crippen LogP contribution in [0.3, 0.4) is 0 Å². The lowest BCUT2D eigenvalue weighted by Gasteiger charge is -2.13. The van der Waals surface area contributed by atoms with Crippen LogP contribution in [0.1, 0.15) is 31.7 Å². The highest BCUT2D eigenvalue weighted by Gasteiger charge is 2.12. The summed E-state index contributed by atoms with van der Waals surface area (Å²) in [4.78, 5) is 15.8. The van der Waals surface area contributed by atoms with E-state index in [-0.39, 0.29) is 35.9 Å². The molecule has 0 amide bonds. The molecule has 0 saturated heterocycles. The number of nitrogens with one attached hydrogen (secondary N) is 2. The fourth-order valence-corrected chi connectivity index (χ4v) is 2.18. The van der Waals surface area contributed by atoms with E-state index in [1.165, 1.54) is 12.8 Å². The Hall–Kier alpha value is -1.32. The Morgan fingerprint density at radius 3 is 2.67 bits per heavy atom. The number of carbonyl (C=O) groups is 1. The van der Waals surface area contributed by atoms with Crippen molar-refractivity contribution >= 4 is 35.9 Å². The first-order valence-corrected chi connectivity index (χ1v) is 8.09. The zero-order chi connectivity index (χ0) is 17.2. The van der Waals surface area contributed by atoms with Crippen LogP contribution < -0.4 is 10.6 Å². The lowest BCUT2D eigenvalue weighted by Crippen LogP contribution is -2.38. The van der Waals surface area contributed by atoms with E-state index in [0.29, 0.717) is 6.54 Å². The monoisotopic (exact) mass is 451 g/mol. The highest BCUT2D eigenvalue weighted by molar-refractivity contribution is 14.0. The third-order valence-corrected chi connectivity index (χ3v) is 3.41. The number of hydrogen-bond donors (Lipinski definition) is 2. The average molecular weight is 451 g/mol. The lowest BCUT2D eigenvalue weighted by molar-refractivity contribution is -0.144. The number of aromatic nitrogens is 2. The lowest BCUT2D eigenvalue weighted by atomic mass is 10.2. The van der Waals surface area contributed by atoms with E-state index in [4.69, 9.17) is 4.74 Å². The summed E-state index contributed by atoms with van der Waals surface area (Å²) in [5, 5.41) is 10.9. The summed E-state index contributed by atoms with van der Waals surface area (Å²) in [6, 6.07) is 2.08. The summed E-state index contributed by atoms with van der Waals surface area (Å²) < 4.78 is 6.72. The first-order chi connectivity index (χ1) is 11.0. The molecule has 0 fully saturated rings. The number of ether oxygens (including phenoxy) is 1. The van der Waals surface area contributed by atoms with Crippen molar-refractivity contribution in [1.29, 1.82) is 0 Å². The average Bonchev–Trinajstić information content (AvgIpc) is 2.85. The van der Waals surface area contributed by atoms with Crippen LogP contribution in [-0.2, 0) is 16.1 Å². The van der Waals surface area contributed by atoms with Crippen LogP contribution in [0.25, 0.3) is 0 Å². The van der Waals surface area contributed by atoms with Gasteiger partial charge >= 0.3 is 5.97 Å². The molecule has 0 aliphatic heterocycles. The van der Waals surface area contributed by atoms with Crippen LogP contribution in [0, 0.1) is 19.8 Å². The second-order valence-corrected chi connectivity index (χ2v) is 5.57. The van der Waals surface area contributed by atoms with Crippen molar-refractivity contribution in [1.82, 2.24) is 20.4 Å². The predicted molar refractivity (Wildman–Crippen MR) is 107 cm³/mol. The van der Waals surface area contributed by atoms with Gasteiger partial charge in [0.2, 0.25) is 0 Å². The second kappa shape index (κ2) is 12.1. The Morgan fingerprint density at radius 2 is 2.12 bits per heavy atom. The zero-order valence-electron chi connectivity index (χ0n) is 15.3. The Balaban J connectivity index is 0.00000529. The van der Waals surface area contributed by atoms with Gasteiger partial charge in [-0.15, -0.1) is 24.0 Å². The molecule has 0 radical (unpaired) electrons. The smallest absolute Gasteiger partial charge is 0.310 e. The van der Waals surface area contributed by atoms with Crippen molar-refractivity contribution in [3.63, 3.8) is 0 Å². The number of esters is 1. The van der Waals surface area contributed by atoms with Crippen molar-refractivity contribution < 1.29 is 9.53 Å². The van der Waals surface area contributed by atoms with Gasteiger partial charge in [0.05, 0.1) is 25.3 Å². The maximum atomic E-state index is 11.4. The maximum Gasteiger partial charge on any atom is 0.310 e. The molecule has 138 valence electrons. The number of aliphatic imine (C=N–C) groups is 1. The normalized spacial score (nSPS) is 12.3. The molecule has 1 unspecified atom stereocenters. The third kappa shape index (κ3) is 7.98. The predicted octanol–water partition coefficient (Wildman–Crippen LogP) is 1.87. The zero-order valence-corrected chi connectivity index (χ0v) is 17.6. The van der Waals surface area contributed by atoms with Gasteiger partial charge in [0.25, 0.3) is 0 Å². The Morgan fingerprint density at radius 1 is 1.42 bits per heavy atom. The van der Waals surface area contributed by atoms with E-state index in [1.54, 1.807) is 0 Å². The summed E-state index contributed by atoms with van der Waals surface area (Å²) in [7, 11) is 1.39. The molecule has 0 spiro atoms. The number of hydrogen-bond acceptors (Lipinski definition) is 4. The summed E-state index contributed by atoms with van der Waals surface area (Å²) in [5.74, 6) is 0.232. The maximum absolute atomic E-state index is 11.4. The molecule has 1 atom stereocenters. The fourth-order valence-electron chi connectivity index (χ4n) is 2.18. The quantitative estimate of drug-likeness (QED) is 0.208. The van der Waals surface area contributed by atoms with Gasteiger partial charge in [0.1, 0.15) is 0 Å². The van der Waals surface area contributed by atoms with Crippen LogP contribution in [0.15, 0.2) is 11.1 Å². The largest absolute Gasteiger partial charge is 0.469 e. The third-order valence-electron chi connectivity index (χ3n) is 3.41. The minimum absolute atomic E-state index is 0. The van der Waals surface area contributed by atoms with Gasteiger partial charge in [-0.2, -0.15) is 5.10 Å². The van der Waals surface area contributed by atoms with Gasteiger partial charge in [-0.3, -0.25) is 14.5 Å². The number of carbonyl (C=O) groups excluding carboxylic acids is 1. The van der Waals surface area contributed by atoms with E-state index >= 15 is 0 Å². The molecule has 24 heavy (non-hydrogen) atoms. The second-order valence-electron chi connectivity index (χ2n) is 5.57. The van der Waals surface area contributed by atoms with Gasteiger partial charge in [0.15, 0.2) is 5.96 Å². The molecular formula is C16H30IN5O2. The highest BCUT2D eigenvalue weighted by atomic mass is 127. The van der Waals surface area contributed by atoms with Crippen molar-refractivity contribution in [3.05, 3.63) is 17.5 Å². The molecule has 1 heterocycles. The first-order valence-electron chi connectivity index (χ1n) is 8.09. The highest BCUT2D eigenvalue weighted by Crippen LogP contribution is 2.02. The van der Waals surface area contributed by atoms with Gasteiger partial charge in [-0.05, 0) is 33.3 Å².